The van der Waals surface area contributed by atoms with Gasteiger partial charge in [0.05, 0.1) is 16.2 Å². The lowest BCUT2D eigenvalue weighted by atomic mass is 10.1. The van der Waals surface area contributed by atoms with E-state index >= 15 is 0 Å². The Morgan fingerprint density at radius 2 is 2.38 bits per heavy atom. The summed E-state index contributed by atoms with van der Waals surface area (Å²) in [5.41, 5.74) is 2.37. The normalized spacial score (nSPS) is 20.4. The third-order valence-corrected chi connectivity index (χ3v) is 4.18. The maximum atomic E-state index is 5.96. The average molecular weight is 254 g/mol. The van der Waals surface area contributed by atoms with E-state index in [-0.39, 0.29) is 0 Å². The highest BCUT2D eigenvalue weighted by Crippen LogP contribution is 2.36. The smallest absolute Gasteiger partial charge is 0.0934 e. The first-order valence-corrected chi connectivity index (χ1v) is 6.56. The highest BCUT2D eigenvalue weighted by atomic mass is 35.5. The quantitative estimate of drug-likeness (QED) is 0.863. The van der Waals surface area contributed by atoms with Crippen molar-refractivity contribution in [2.45, 2.75) is 18.9 Å². The van der Waals surface area contributed by atoms with E-state index in [0.29, 0.717) is 6.04 Å². The zero-order valence-electron chi connectivity index (χ0n) is 8.66. The van der Waals surface area contributed by atoms with E-state index in [1.165, 1.54) is 29.0 Å². The largest absolute Gasteiger partial charge is 0.309 e. The third kappa shape index (κ3) is 1.77. The van der Waals surface area contributed by atoms with Crippen LogP contribution in [0.15, 0.2) is 18.3 Å². The molecule has 1 fully saturated rings. The molecule has 2 aromatic heterocycles. The Kier molecular flexibility index (Phi) is 2.71. The van der Waals surface area contributed by atoms with Gasteiger partial charge in [0.1, 0.15) is 0 Å². The summed E-state index contributed by atoms with van der Waals surface area (Å²) in [4.78, 5) is 1.18. The van der Waals surface area contributed by atoms with Crippen molar-refractivity contribution >= 4 is 22.9 Å². The molecule has 5 heteroatoms. The van der Waals surface area contributed by atoms with Crippen LogP contribution in [0.4, 0.5) is 0 Å². The Labute approximate surface area is 103 Å². The fourth-order valence-corrected chi connectivity index (χ4v) is 3.22. The van der Waals surface area contributed by atoms with Crippen molar-refractivity contribution in [2.24, 2.45) is 0 Å². The number of aromatic amines is 1. The molecular formula is C11H12ClN3S. The molecule has 0 amide bonds. The summed E-state index contributed by atoms with van der Waals surface area (Å²) in [6.07, 6.45) is 4.29. The second kappa shape index (κ2) is 4.20. The fraction of sp³-hybridized carbons (Fsp3) is 0.364. The van der Waals surface area contributed by atoms with Crippen LogP contribution in [0, 0.1) is 0 Å². The van der Waals surface area contributed by atoms with E-state index in [2.05, 4.69) is 21.6 Å². The van der Waals surface area contributed by atoms with Crippen molar-refractivity contribution in [1.29, 1.82) is 0 Å². The number of rotatable bonds is 2. The van der Waals surface area contributed by atoms with Crippen LogP contribution in [-0.2, 0) is 0 Å². The van der Waals surface area contributed by atoms with E-state index < -0.39 is 0 Å². The van der Waals surface area contributed by atoms with Crippen LogP contribution >= 0.6 is 22.9 Å². The molecule has 1 atom stereocenters. The second-order valence-electron chi connectivity index (χ2n) is 3.95. The number of nitrogens with one attached hydrogen (secondary N) is 2. The minimum absolute atomic E-state index is 0.415. The van der Waals surface area contributed by atoms with Gasteiger partial charge in [-0.1, -0.05) is 11.6 Å². The molecule has 1 aliphatic heterocycles. The van der Waals surface area contributed by atoms with Gasteiger partial charge < -0.3 is 5.32 Å². The predicted octanol–water partition coefficient (Wildman–Crippen LogP) is 3.22. The van der Waals surface area contributed by atoms with Gasteiger partial charge in [-0.25, -0.2) is 0 Å². The third-order valence-electron chi connectivity index (χ3n) is 2.92. The van der Waals surface area contributed by atoms with Crippen molar-refractivity contribution in [1.82, 2.24) is 15.5 Å². The van der Waals surface area contributed by atoms with Gasteiger partial charge >= 0.3 is 0 Å². The Hall–Kier alpha value is -0.840. The first-order chi connectivity index (χ1) is 7.84. The Morgan fingerprint density at radius 3 is 3.06 bits per heavy atom. The van der Waals surface area contributed by atoms with Crippen LogP contribution < -0.4 is 5.32 Å². The van der Waals surface area contributed by atoms with Crippen LogP contribution in [0.2, 0.25) is 4.34 Å². The van der Waals surface area contributed by atoms with E-state index in [4.69, 9.17) is 11.6 Å². The topological polar surface area (TPSA) is 40.7 Å². The lowest BCUT2D eigenvalue weighted by Gasteiger charge is -2.09. The first-order valence-electron chi connectivity index (χ1n) is 5.37. The molecule has 0 aromatic carbocycles. The van der Waals surface area contributed by atoms with Gasteiger partial charge in [0.2, 0.25) is 0 Å². The highest BCUT2D eigenvalue weighted by molar-refractivity contribution is 7.19. The summed E-state index contributed by atoms with van der Waals surface area (Å²) in [7, 11) is 0. The zero-order valence-corrected chi connectivity index (χ0v) is 10.2. The molecule has 3 heterocycles. The van der Waals surface area contributed by atoms with Gasteiger partial charge in [0, 0.05) is 16.5 Å². The van der Waals surface area contributed by atoms with Gasteiger partial charge in [0.15, 0.2) is 0 Å². The number of halogens is 1. The van der Waals surface area contributed by atoms with Crippen molar-refractivity contribution in [2.75, 3.05) is 6.54 Å². The molecule has 1 unspecified atom stereocenters. The van der Waals surface area contributed by atoms with E-state index in [0.717, 1.165) is 10.9 Å². The highest BCUT2D eigenvalue weighted by Gasteiger charge is 2.22. The first kappa shape index (κ1) is 10.3. The van der Waals surface area contributed by atoms with Crippen LogP contribution in [0.3, 0.4) is 0 Å². The molecule has 3 rings (SSSR count). The van der Waals surface area contributed by atoms with Crippen LogP contribution in [0.5, 0.6) is 0 Å². The minimum atomic E-state index is 0.415. The Morgan fingerprint density at radius 1 is 1.44 bits per heavy atom. The molecule has 0 aliphatic carbocycles. The van der Waals surface area contributed by atoms with E-state index in [1.54, 1.807) is 11.3 Å². The van der Waals surface area contributed by atoms with Crippen molar-refractivity contribution in [3.8, 4) is 10.4 Å². The standard InChI is InChI=1S/C11H12ClN3S/c12-10-4-3-9(16-10)7-6-14-15-11(7)8-2-1-5-13-8/h3-4,6,8,13H,1-2,5H2,(H,14,15). The van der Waals surface area contributed by atoms with Crippen LogP contribution in [0.1, 0.15) is 24.6 Å². The van der Waals surface area contributed by atoms with Gasteiger partial charge in [-0.15, -0.1) is 11.3 Å². The van der Waals surface area contributed by atoms with Crippen molar-refractivity contribution < 1.29 is 0 Å². The molecule has 84 valence electrons. The second-order valence-corrected chi connectivity index (χ2v) is 5.67. The summed E-state index contributed by atoms with van der Waals surface area (Å²) < 4.78 is 0.821. The molecule has 0 spiro atoms. The molecule has 2 aromatic rings. The molecule has 0 radical (unpaired) electrons. The number of nitrogens with zero attached hydrogens (tertiary/aromatic N) is 1. The number of aromatic nitrogens is 2. The van der Waals surface area contributed by atoms with Crippen LogP contribution in [-0.4, -0.2) is 16.7 Å². The molecule has 2 N–H and O–H groups in total. The summed E-state index contributed by atoms with van der Waals surface area (Å²) in [6, 6.07) is 4.40. The SMILES string of the molecule is Clc1ccc(-c2cn[nH]c2C2CCCN2)s1. The Balaban J connectivity index is 1.98. The molecular weight excluding hydrogens is 242 g/mol. The zero-order chi connectivity index (χ0) is 11.0. The number of hydrogen-bond acceptors (Lipinski definition) is 3. The predicted molar refractivity (Wildman–Crippen MR) is 66.9 cm³/mol. The van der Waals surface area contributed by atoms with E-state index in [1.807, 2.05) is 12.3 Å². The molecule has 16 heavy (non-hydrogen) atoms. The lowest BCUT2D eigenvalue weighted by molar-refractivity contribution is 0.627. The van der Waals surface area contributed by atoms with Gasteiger partial charge in [0.25, 0.3) is 0 Å². The summed E-state index contributed by atoms with van der Waals surface area (Å²) >= 11 is 7.56. The van der Waals surface area contributed by atoms with Crippen LogP contribution in [0.25, 0.3) is 10.4 Å². The summed E-state index contributed by atoms with van der Waals surface area (Å²) in [5.74, 6) is 0. The van der Waals surface area contributed by atoms with E-state index in [9.17, 15) is 0 Å². The van der Waals surface area contributed by atoms with Crippen molar-refractivity contribution in [3.63, 3.8) is 0 Å². The number of thiophene rings is 1. The maximum Gasteiger partial charge on any atom is 0.0934 e. The summed E-state index contributed by atoms with van der Waals surface area (Å²) in [6.45, 7) is 1.09. The van der Waals surface area contributed by atoms with Gasteiger partial charge in [-0.2, -0.15) is 5.10 Å². The van der Waals surface area contributed by atoms with Gasteiger partial charge in [-0.3, -0.25) is 5.10 Å². The Bertz CT molecular complexity index is 485. The molecule has 0 saturated carbocycles. The lowest BCUT2D eigenvalue weighted by Crippen LogP contribution is -2.13. The number of H-pyrrole nitrogens is 1. The molecule has 3 nitrogen and oxygen atoms in total. The fourth-order valence-electron chi connectivity index (χ4n) is 2.15. The summed E-state index contributed by atoms with van der Waals surface area (Å²) in [5, 5.41) is 10.7. The minimum Gasteiger partial charge on any atom is -0.309 e. The monoisotopic (exact) mass is 253 g/mol. The number of hydrogen-bond donors (Lipinski definition) is 2. The molecule has 0 bridgehead atoms. The van der Waals surface area contributed by atoms with Crippen molar-refractivity contribution in [3.05, 3.63) is 28.4 Å². The maximum absolute atomic E-state index is 5.96. The van der Waals surface area contributed by atoms with Gasteiger partial charge in [-0.05, 0) is 31.5 Å². The average Bonchev–Trinajstić information content (AvgIpc) is 2.96. The molecule has 1 saturated heterocycles. The molecule has 1 aliphatic rings.